The Labute approximate surface area is 192 Å². The molecule has 1 aliphatic heterocycles. The topological polar surface area (TPSA) is 45.2 Å². The summed E-state index contributed by atoms with van der Waals surface area (Å²) in [4.78, 5) is 19.3. The van der Waals surface area contributed by atoms with Crippen LogP contribution in [0.15, 0.2) is 54.7 Å². The molecule has 4 nitrogen and oxygen atoms in total. The van der Waals surface area contributed by atoms with Crippen LogP contribution >= 0.6 is 11.6 Å². The van der Waals surface area contributed by atoms with Gasteiger partial charge in [-0.3, -0.25) is 14.7 Å². The largest absolute Gasteiger partial charge is 0.325 e. The van der Waals surface area contributed by atoms with Crippen molar-refractivity contribution >= 4 is 34.1 Å². The Kier molecular flexibility index (Phi) is 5.64. The van der Waals surface area contributed by atoms with Crippen molar-refractivity contribution in [3.63, 3.8) is 0 Å². The zero-order valence-electron chi connectivity index (χ0n) is 18.2. The SMILES string of the molecule is CC(C(=O)Nc1ccc(Cl)cc1)N1CC2(CCC(c3ccnc4ccc(F)cc34)CC2)C1. The van der Waals surface area contributed by atoms with Gasteiger partial charge in [0.2, 0.25) is 5.91 Å². The smallest absolute Gasteiger partial charge is 0.241 e. The van der Waals surface area contributed by atoms with Crippen LogP contribution in [0, 0.1) is 11.2 Å². The molecule has 1 aromatic heterocycles. The summed E-state index contributed by atoms with van der Waals surface area (Å²) < 4.78 is 13.8. The van der Waals surface area contributed by atoms with E-state index >= 15 is 0 Å². The number of hydrogen-bond donors (Lipinski definition) is 1. The van der Waals surface area contributed by atoms with Crippen LogP contribution in [-0.2, 0) is 4.79 Å². The Balaban J connectivity index is 1.18. The van der Waals surface area contributed by atoms with E-state index in [0.717, 1.165) is 55.4 Å². The van der Waals surface area contributed by atoms with Crippen molar-refractivity contribution in [2.75, 3.05) is 18.4 Å². The molecular weight excluding hydrogens is 425 g/mol. The van der Waals surface area contributed by atoms with E-state index in [1.165, 1.54) is 11.6 Å². The molecule has 1 unspecified atom stereocenters. The van der Waals surface area contributed by atoms with E-state index in [1.807, 2.05) is 25.3 Å². The first-order chi connectivity index (χ1) is 15.4. The molecule has 2 heterocycles. The molecule has 1 saturated heterocycles. The first-order valence-corrected chi connectivity index (χ1v) is 11.6. The zero-order chi connectivity index (χ0) is 22.3. The zero-order valence-corrected chi connectivity index (χ0v) is 18.9. The number of nitrogens with one attached hydrogen (secondary N) is 1. The number of rotatable bonds is 4. The second kappa shape index (κ2) is 8.45. The number of halogens is 2. The van der Waals surface area contributed by atoms with E-state index in [4.69, 9.17) is 11.6 Å². The number of anilines is 1. The highest BCUT2D eigenvalue weighted by atomic mass is 35.5. The summed E-state index contributed by atoms with van der Waals surface area (Å²) in [5.74, 6) is 0.244. The maximum atomic E-state index is 13.8. The van der Waals surface area contributed by atoms with Gasteiger partial charge in [0.1, 0.15) is 5.82 Å². The molecule has 32 heavy (non-hydrogen) atoms. The second-order valence-corrected chi connectivity index (χ2v) is 9.85. The summed E-state index contributed by atoms with van der Waals surface area (Å²) in [5, 5.41) is 4.58. The summed E-state index contributed by atoms with van der Waals surface area (Å²) in [6.45, 7) is 3.89. The third-order valence-corrected chi connectivity index (χ3v) is 7.59. The van der Waals surface area contributed by atoms with E-state index in [1.54, 1.807) is 24.3 Å². The molecule has 0 radical (unpaired) electrons. The van der Waals surface area contributed by atoms with Gasteiger partial charge in [0.25, 0.3) is 0 Å². The van der Waals surface area contributed by atoms with E-state index in [9.17, 15) is 9.18 Å². The van der Waals surface area contributed by atoms with Crippen LogP contribution in [0.5, 0.6) is 0 Å². The van der Waals surface area contributed by atoms with E-state index in [0.29, 0.717) is 16.4 Å². The maximum absolute atomic E-state index is 13.8. The van der Waals surface area contributed by atoms with E-state index < -0.39 is 0 Å². The summed E-state index contributed by atoms with van der Waals surface area (Å²) in [7, 11) is 0. The molecule has 6 heteroatoms. The summed E-state index contributed by atoms with van der Waals surface area (Å²) in [5.41, 5.74) is 3.15. The van der Waals surface area contributed by atoms with Crippen LogP contribution < -0.4 is 5.32 Å². The molecule has 1 amide bonds. The average Bonchev–Trinajstić information content (AvgIpc) is 2.78. The number of benzene rings is 2. The van der Waals surface area contributed by atoms with Crippen LogP contribution in [0.1, 0.15) is 44.1 Å². The number of likely N-dealkylation sites (tertiary alicyclic amines) is 1. The molecule has 3 aromatic rings. The number of hydrogen-bond acceptors (Lipinski definition) is 3. The molecule has 5 rings (SSSR count). The fourth-order valence-corrected chi connectivity index (χ4v) is 5.51. The summed E-state index contributed by atoms with van der Waals surface area (Å²) in [6.07, 6.45) is 6.30. The van der Waals surface area contributed by atoms with Gasteiger partial charge >= 0.3 is 0 Å². The fraction of sp³-hybridized carbons (Fsp3) is 0.385. The lowest BCUT2D eigenvalue weighted by Crippen LogP contribution is -2.62. The first-order valence-electron chi connectivity index (χ1n) is 11.3. The minimum absolute atomic E-state index is 0.0149. The third kappa shape index (κ3) is 4.12. The van der Waals surface area contributed by atoms with Crippen LogP contribution in [0.4, 0.5) is 10.1 Å². The molecule has 2 fully saturated rings. The molecule has 2 aliphatic rings. The normalized spacial score (nSPS) is 19.6. The summed E-state index contributed by atoms with van der Waals surface area (Å²) >= 11 is 5.92. The minimum atomic E-state index is -0.209. The number of fused-ring (bicyclic) bond motifs is 1. The highest BCUT2D eigenvalue weighted by molar-refractivity contribution is 6.30. The van der Waals surface area contributed by atoms with Gasteiger partial charge in [-0.05, 0) is 98.0 Å². The van der Waals surface area contributed by atoms with Gasteiger partial charge < -0.3 is 5.32 Å². The van der Waals surface area contributed by atoms with Crippen LogP contribution in [0.2, 0.25) is 5.02 Å². The molecule has 1 spiro atoms. The quantitative estimate of drug-likeness (QED) is 0.528. The Bertz CT molecular complexity index is 1130. The van der Waals surface area contributed by atoms with Crippen molar-refractivity contribution < 1.29 is 9.18 Å². The van der Waals surface area contributed by atoms with Crippen molar-refractivity contribution in [2.24, 2.45) is 5.41 Å². The van der Waals surface area contributed by atoms with Gasteiger partial charge in [0, 0.05) is 35.4 Å². The Morgan fingerprint density at radius 3 is 2.59 bits per heavy atom. The first kappa shape index (κ1) is 21.4. The Morgan fingerprint density at radius 1 is 1.16 bits per heavy atom. The van der Waals surface area contributed by atoms with Crippen molar-refractivity contribution in [3.05, 3.63) is 71.1 Å². The van der Waals surface area contributed by atoms with Crippen LogP contribution in [0.3, 0.4) is 0 Å². The number of amides is 1. The molecule has 2 aromatic carbocycles. The predicted octanol–water partition coefficient (Wildman–Crippen LogP) is 6.01. The lowest BCUT2D eigenvalue weighted by molar-refractivity contribution is -0.128. The maximum Gasteiger partial charge on any atom is 0.241 e. The highest BCUT2D eigenvalue weighted by Gasteiger charge is 2.47. The van der Waals surface area contributed by atoms with E-state index in [-0.39, 0.29) is 17.8 Å². The predicted molar refractivity (Wildman–Crippen MR) is 126 cm³/mol. The summed E-state index contributed by atoms with van der Waals surface area (Å²) in [6, 6.07) is 13.9. The van der Waals surface area contributed by atoms with Crippen molar-refractivity contribution in [1.29, 1.82) is 0 Å². The molecule has 1 saturated carbocycles. The van der Waals surface area contributed by atoms with Gasteiger partial charge in [-0.1, -0.05) is 11.6 Å². The van der Waals surface area contributed by atoms with E-state index in [2.05, 4.69) is 21.3 Å². The lowest BCUT2D eigenvalue weighted by atomic mass is 9.64. The van der Waals surface area contributed by atoms with Gasteiger partial charge in [-0.2, -0.15) is 0 Å². The Hall–Kier alpha value is -2.50. The van der Waals surface area contributed by atoms with Gasteiger partial charge in [-0.15, -0.1) is 0 Å². The molecule has 166 valence electrons. The monoisotopic (exact) mass is 451 g/mol. The highest BCUT2D eigenvalue weighted by Crippen LogP contribution is 2.49. The molecule has 0 bridgehead atoms. The van der Waals surface area contributed by atoms with Gasteiger partial charge in [-0.25, -0.2) is 4.39 Å². The molecular formula is C26H27ClFN3O. The third-order valence-electron chi connectivity index (χ3n) is 7.34. The minimum Gasteiger partial charge on any atom is -0.325 e. The number of nitrogens with zero attached hydrogens (tertiary/aromatic N) is 2. The Morgan fingerprint density at radius 2 is 1.88 bits per heavy atom. The second-order valence-electron chi connectivity index (χ2n) is 9.41. The van der Waals surface area contributed by atoms with Gasteiger partial charge in [0.05, 0.1) is 11.6 Å². The number of aromatic nitrogens is 1. The lowest BCUT2D eigenvalue weighted by Gasteiger charge is -2.55. The molecule has 1 N–H and O–H groups in total. The molecule has 1 atom stereocenters. The number of carbonyl (C=O) groups is 1. The molecule has 1 aliphatic carbocycles. The fourth-order valence-electron chi connectivity index (χ4n) is 5.39. The van der Waals surface area contributed by atoms with Gasteiger partial charge in [0.15, 0.2) is 0 Å². The van der Waals surface area contributed by atoms with Crippen LogP contribution in [0.25, 0.3) is 10.9 Å². The average molecular weight is 452 g/mol. The van der Waals surface area contributed by atoms with Crippen LogP contribution in [-0.4, -0.2) is 34.9 Å². The van der Waals surface area contributed by atoms with Crippen molar-refractivity contribution in [2.45, 2.75) is 44.6 Å². The van der Waals surface area contributed by atoms with Crippen molar-refractivity contribution in [3.8, 4) is 0 Å². The number of pyridine rings is 1. The standard InChI is InChI=1S/C26H27ClFN3O/c1-17(25(32)30-21-5-2-19(27)3-6-21)31-15-26(16-31)11-8-18(9-12-26)22-10-13-29-24-7-4-20(28)14-23(22)24/h2-7,10,13-14,17-18H,8-9,11-12,15-16H2,1H3,(H,30,32). The van der Waals surface area contributed by atoms with Crippen molar-refractivity contribution in [1.82, 2.24) is 9.88 Å². The number of carbonyl (C=O) groups excluding carboxylic acids is 1.